The molecule has 0 aliphatic heterocycles. The molecule has 19 heavy (non-hydrogen) atoms. The third kappa shape index (κ3) is 3.54. The molecule has 0 spiro atoms. The third-order valence-corrected chi connectivity index (χ3v) is 4.73. The monoisotopic (exact) mass is 293 g/mol. The lowest BCUT2D eigenvalue weighted by atomic mass is 10.1. The maximum Gasteiger partial charge on any atom is 0.206 e. The van der Waals surface area contributed by atoms with E-state index in [-0.39, 0.29) is 11.0 Å². The molecule has 0 aliphatic rings. The lowest BCUT2D eigenvalue weighted by Crippen LogP contribution is -2.13. The minimum absolute atomic E-state index is 0.117. The van der Waals surface area contributed by atoms with Gasteiger partial charge < -0.3 is 5.32 Å². The maximum atomic E-state index is 12.3. The molecular formula is C13H15N3OS2. The zero-order valence-corrected chi connectivity index (χ0v) is 12.6. The zero-order valence-electron chi connectivity index (χ0n) is 11.0. The second-order valence-electron chi connectivity index (χ2n) is 4.11. The Bertz CT molecular complexity index is 566. The Morgan fingerprint density at radius 3 is 2.58 bits per heavy atom. The SMILES string of the molecule is CNc1nnc(S[C@@H](C)C(=O)c2ccc(C)cc2)s1. The van der Waals surface area contributed by atoms with Crippen molar-refractivity contribution in [2.45, 2.75) is 23.4 Å². The molecule has 1 N–H and O–H groups in total. The van der Waals surface area contributed by atoms with Crippen LogP contribution in [0.5, 0.6) is 0 Å². The van der Waals surface area contributed by atoms with E-state index in [2.05, 4.69) is 15.5 Å². The summed E-state index contributed by atoms with van der Waals surface area (Å²) in [6, 6.07) is 7.64. The number of nitrogens with one attached hydrogen (secondary N) is 1. The number of anilines is 1. The van der Waals surface area contributed by atoms with E-state index in [4.69, 9.17) is 0 Å². The van der Waals surface area contributed by atoms with Gasteiger partial charge in [0.25, 0.3) is 0 Å². The van der Waals surface area contributed by atoms with E-state index in [0.29, 0.717) is 0 Å². The van der Waals surface area contributed by atoms with E-state index in [1.807, 2.05) is 38.1 Å². The van der Waals surface area contributed by atoms with Gasteiger partial charge in [0.2, 0.25) is 5.13 Å². The number of hydrogen-bond donors (Lipinski definition) is 1. The zero-order chi connectivity index (χ0) is 13.8. The Hall–Kier alpha value is -1.40. The van der Waals surface area contributed by atoms with Crippen LogP contribution in [0.15, 0.2) is 28.6 Å². The van der Waals surface area contributed by atoms with E-state index >= 15 is 0 Å². The number of ketones is 1. The molecule has 1 atom stereocenters. The van der Waals surface area contributed by atoms with Crippen molar-refractivity contribution in [1.82, 2.24) is 10.2 Å². The second-order valence-corrected chi connectivity index (χ2v) is 6.68. The number of hydrogen-bond acceptors (Lipinski definition) is 6. The number of carbonyl (C=O) groups is 1. The summed E-state index contributed by atoms with van der Waals surface area (Å²) < 4.78 is 0.803. The Kier molecular flexibility index (Phi) is 4.55. The van der Waals surface area contributed by atoms with Crippen molar-refractivity contribution in [2.75, 3.05) is 12.4 Å². The first kappa shape index (κ1) is 14.0. The van der Waals surface area contributed by atoms with Crippen molar-refractivity contribution in [3.05, 3.63) is 35.4 Å². The highest BCUT2D eigenvalue weighted by molar-refractivity contribution is 8.02. The van der Waals surface area contributed by atoms with Crippen LogP contribution in [0, 0.1) is 6.92 Å². The van der Waals surface area contributed by atoms with Crippen molar-refractivity contribution >= 4 is 34.0 Å². The van der Waals surface area contributed by atoms with Crippen LogP contribution in [0.1, 0.15) is 22.8 Å². The molecule has 1 aromatic carbocycles. The minimum Gasteiger partial charge on any atom is -0.363 e. The number of Topliss-reactive ketones (excluding diaryl/α,β-unsaturated/α-hetero) is 1. The number of aryl methyl sites for hydroxylation is 1. The van der Waals surface area contributed by atoms with E-state index in [0.717, 1.165) is 20.6 Å². The van der Waals surface area contributed by atoms with Gasteiger partial charge in [0.05, 0.1) is 5.25 Å². The molecule has 1 aromatic heterocycles. The molecule has 4 nitrogen and oxygen atoms in total. The molecule has 2 rings (SSSR count). The van der Waals surface area contributed by atoms with Crippen LogP contribution in [-0.2, 0) is 0 Å². The highest BCUT2D eigenvalue weighted by atomic mass is 32.2. The fourth-order valence-corrected chi connectivity index (χ4v) is 3.44. The molecule has 0 amide bonds. The average Bonchev–Trinajstić information content (AvgIpc) is 2.86. The molecular weight excluding hydrogens is 278 g/mol. The molecule has 0 radical (unpaired) electrons. The van der Waals surface area contributed by atoms with Crippen molar-refractivity contribution in [3.63, 3.8) is 0 Å². The highest BCUT2D eigenvalue weighted by Crippen LogP contribution is 2.30. The molecule has 0 saturated heterocycles. The molecule has 100 valence electrons. The number of rotatable bonds is 5. The Balaban J connectivity index is 2.04. The summed E-state index contributed by atoms with van der Waals surface area (Å²) in [5, 5.41) is 11.5. The first-order valence-corrected chi connectivity index (χ1v) is 7.58. The van der Waals surface area contributed by atoms with Crippen LogP contribution >= 0.6 is 23.1 Å². The molecule has 0 fully saturated rings. The van der Waals surface area contributed by atoms with Gasteiger partial charge in [0, 0.05) is 12.6 Å². The van der Waals surface area contributed by atoms with Crippen molar-refractivity contribution in [3.8, 4) is 0 Å². The van der Waals surface area contributed by atoms with Crippen molar-refractivity contribution in [2.24, 2.45) is 0 Å². The van der Waals surface area contributed by atoms with Gasteiger partial charge in [-0.3, -0.25) is 4.79 Å². The summed E-state index contributed by atoms with van der Waals surface area (Å²) >= 11 is 2.90. The highest BCUT2D eigenvalue weighted by Gasteiger charge is 2.18. The van der Waals surface area contributed by atoms with Gasteiger partial charge in [-0.15, -0.1) is 10.2 Å². The lowest BCUT2D eigenvalue weighted by Gasteiger charge is -2.07. The van der Waals surface area contributed by atoms with Gasteiger partial charge in [-0.25, -0.2) is 0 Å². The van der Waals surface area contributed by atoms with Crippen molar-refractivity contribution in [1.29, 1.82) is 0 Å². The number of thioether (sulfide) groups is 1. The van der Waals surface area contributed by atoms with Crippen LogP contribution in [0.2, 0.25) is 0 Å². The number of nitrogens with zero attached hydrogens (tertiary/aromatic N) is 2. The first-order valence-electron chi connectivity index (χ1n) is 5.89. The molecule has 1 heterocycles. The second kappa shape index (κ2) is 6.16. The maximum absolute atomic E-state index is 12.3. The van der Waals surface area contributed by atoms with Crippen LogP contribution in [0.3, 0.4) is 0 Å². The quantitative estimate of drug-likeness (QED) is 0.677. The van der Waals surface area contributed by atoms with E-state index in [1.165, 1.54) is 23.1 Å². The molecule has 2 aromatic rings. The molecule has 0 unspecified atom stereocenters. The van der Waals surface area contributed by atoms with Gasteiger partial charge in [0.15, 0.2) is 10.1 Å². The molecule has 6 heteroatoms. The summed E-state index contributed by atoms with van der Waals surface area (Å²) in [6.45, 7) is 3.90. The predicted octanol–water partition coefficient (Wildman–Crippen LogP) is 3.25. The van der Waals surface area contributed by atoms with E-state index in [1.54, 1.807) is 7.05 Å². The Labute approximate surface area is 120 Å². The van der Waals surface area contributed by atoms with E-state index < -0.39 is 0 Å². The summed E-state index contributed by atoms with van der Waals surface area (Å²) in [4.78, 5) is 12.3. The Morgan fingerprint density at radius 2 is 2.00 bits per heavy atom. The fraction of sp³-hybridized carbons (Fsp3) is 0.308. The van der Waals surface area contributed by atoms with Crippen molar-refractivity contribution < 1.29 is 4.79 Å². The fourth-order valence-electron chi connectivity index (χ4n) is 1.52. The average molecular weight is 293 g/mol. The molecule has 0 saturated carbocycles. The third-order valence-electron chi connectivity index (χ3n) is 2.60. The van der Waals surface area contributed by atoms with Crippen LogP contribution < -0.4 is 5.32 Å². The predicted molar refractivity (Wildman–Crippen MR) is 80.3 cm³/mol. The van der Waals surface area contributed by atoms with Gasteiger partial charge in [-0.05, 0) is 13.8 Å². The number of benzene rings is 1. The van der Waals surface area contributed by atoms with Crippen LogP contribution in [-0.4, -0.2) is 28.3 Å². The van der Waals surface area contributed by atoms with Gasteiger partial charge in [0.1, 0.15) is 0 Å². The number of aromatic nitrogens is 2. The molecule has 0 aliphatic carbocycles. The largest absolute Gasteiger partial charge is 0.363 e. The standard InChI is InChI=1S/C13H15N3OS2/c1-8-4-6-10(7-5-8)11(17)9(2)18-13-16-15-12(14-3)19-13/h4-7,9H,1-3H3,(H,14,15)/t9-/m0/s1. The minimum atomic E-state index is -0.166. The van der Waals surface area contributed by atoms with E-state index in [9.17, 15) is 4.79 Å². The summed E-state index contributed by atoms with van der Waals surface area (Å²) in [7, 11) is 1.80. The van der Waals surface area contributed by atoms with Crippen LogP contribution in [0.25, 0.3) is 0 Å². The lowest BCUT2D eigenvalue weighted by molar-refractivity contribution is 0.0994. The molecule has 0 bridgehead atoms. The first-order chi connectivity index (χ1) is 9.10. The Morgan fingerprint density at radius 1 is 1.32 bits per heavy atom. The smallest absolute Gasteiger partial charge is 0.206 e. The summed E-state index contributed by atoms with van der Waals surface area (Å²) in [6.07, 6.45) is 0. The van der Waals surface area contributed by atoms with Crippen LogP contribution in [0.4, 0.5) is 5.13 Å². The van der Waals surface area contributed by atoms with Gasteiger partial charge in [-0.1, -0.05) is 52.9 Å². The normalized spacial score (nSPS) is 12.2. The number of carbonyl (C=O) groups excluding carboxylic acids is 1. The summed E-state index contributed by atoms with van der Waals surface area (Å²) in [5.74, 6) is 0.117. The topological polar surface area (TPSA) is 54.9 Å². The summed E-state index contributed by atoms with van der Waals surface area (Å²) in [5.41, 5.74) is 1.89. The van der Waals surface area contributed by atoms with Gasteiger partial charge in [-0.2, -0.15) is 0 Å². The van der Waals surface area contributed by atoms with Gasteiger partial charge >= 0.3 is 0 Å².